The highest BCUT2D eigenvalue weighted by atomic mass is 16.5. The third-order valence-electron chi connectivity index (χ3n) is 11.0. The monoisotopic (exact) mass is 975 g/mol. The topological polar surface area (TPSA) is 299 Å². The van der Waals surface area contributed by atoms with Crippen molar-refractivity contribution in [2.45, 2.75) is 180 Å². The van der Waals surface area contributed by atoms with Gasteiger partial charge < -0.3 is 55.5 Å². The lowest BCUT2D eigenvalue weighted by Gasteiger charge is -2.15. The summed E-state index contributed by atoms with van der Waals surface area (Å²) in [6.07, 6.45) is 17.5. The van der Waals surface area contributed by atoms with Gasteiger partial charge in [0.1, 0.15) is 31.1 Å². The van der Waals surface area contributed by atoms with Crippen molar-refractivity contribution < 1.29 is 78.8 Å². The molecule has 0 saturated carbocycles. The quantitative estimate of drug-likeness (QED) is 0.0399. The third kappa shape index (κ3) is 41.6. The van der Waals surface area contributed by atoms with Crippen LogP contribution in [-0.2, 0) is 62.1 Å². The average molecular weight is 975 g/mol. The summed E-state index contributed by atoms with van der Waals surface area (Å²) in [5.41, 5.74) is 0. The van der Waals surface area contributed by atoms with E-state index in [1.807, 2.05) is 6.92 Å². The fourth-order valence-electron chi connectivity index (χ4n) is 6.77. The molecule has 20 heteroatoms. The number of hydrogen-bond acceptors (Lipinski definition) is 13. The minimum atomic E-state index is -1.34. The van der Waals surface area contributed by atoms with E-state index in [2.05, 4.69) is 21.3 Å². The fraction of sp³-hybridized carbons (Fsp3) is 0.812. The normalized spacial score (nSPS) is 12.4. The van der Waals surface area contributed by atoms with E-state index in [0.29, 0.717) is 25.8 Å². The standard InChI is InChI=1S/C48H84N4O16.H2/c1-37(38(2)53)20-17-18-26-49-42(55)25-24-40(47(61)62)51-45(58)36-68-33-30-65-28-19-21-39(54)35-67-32-31-66-29-27-50-44(57)34-41(48(63)64)52-43(56)22-15-13-11-9-7-5-3-4-6-8-10-12-14-16-23-46(59)60;/h37,40-41H,3-36H2,1-2H3,(H,49,55)(H,50,57)(H,51,58)(H,52,56)(H,59,60)(H,61,62)(H,63,64);1H/t37-,40-,41-;/m0./s1. The highest BCUT2D eigenvalue weighted by molar-refractivity contribution is 5.88. The molecule has 394 valence electrons. The maximum atomic E-state index is 12.3. The Labute approximate surface area is 404 Å². The number of ketones is 2. The Morgan fingerprint density at radius 2 is 0.941 bits per heavy atom. The first-order valence-corrected chi connectivity index (χ1v) is 24.7. The molecule has 7 N–H and O–H groups in total. The first-order chi connectivity index (χ1) is 32.6. The second-order valence-electron chi connectivity index (χ2n) is 17.2. The van der Waals surface area contributed by atoms with Crippen LogP contribution in [0.1, 0.15) is 169 Å². The Morgan fingerprint density at radius 3 is 1.50 bits per heavy atom. The maximum absolute atomic E-state index is 12.3. The van der Waals surface area contributed by atoms with Crippen molar-refractivity contribution >= 4 is 53.1 Å². The van der Waals surface area contributed by atoms with Crippen LogP contribution < -0.4 is 21.3 Å². The van der Waals surface area contributed by atoms with Gasteiger partial charge in [-0.1, -0.05) is 90.4 Å². The van der Waals surface area contributed by atoms with E-state index in [-0.39, 0.29) is 110 Å². The predicted molar refractivity (Wildman–Crippen MR) is 254 cm³/mol. The highest BCUT2D eigenvalue weighted by Crippen LogP contribution is 2.14. The number of nitrogens with one attached hydrogen (secondary N) is 4. The number of rotatable bonds is 49. The Hall–Kier alpha value is -4.53. The molecule has 0 saturated heterocycles. The summed E-state index contributed by atoms with van der Waals surface area (Å²) < 4.78 is 21.4. The molecule has 0 aliphatic carbocycles. The number of carboxylic acid groups (broad SMARTS) is 3. The summed E-state index contributed by atoms with van der Waals surface area (Å²) in [4.78, 5) is 106. The zero-order chi connectivity index (χ0) is 50.6. The van der Waals surface area contributed by atoms with E-state index in [4.69, 9.17) is 24.1 Å². The molecule has 20 nitrogen and oxygen atoms in total. The molecule has 0 aliphatic heterocycles. The van der Waals surface area contributed by atoms with Crippen LogP contribution in [0.15, 0.2) is 0 Å². The number of amides is 4. The van der Waals surface area contributed by atoms with Crippen LogP contribution in [-0.4, -0.2) is 146 Å². The third-order valence-corrected chi connectivity index (χ3v) is 11.0. The Bertz CT molecular complexity index is 1460. The zero-order valence-corrected chi connectivity index (χ0v) is 40.9. The lowest BCUT2D eigenvalue weighted by Crippen LogP contribution is -2.44. The van der Waals surface area contributed by atoms with E-state index < -0.39 is 60.7 Å². The van der Waals surface area contributed by atoms with Crippen molar-refractivity contribution in [1.82, 2.24) is 21.3 Å². The smallest absolute Gasteiger partial charge is 0.326 e. The number of hydrogen-bond donors (Lipinski definition) is 7. The molecule has 0 aromatic carbocycles. The molecule has 0 aromatic heterocycles. The predicted octanol–water partition coefficient (Wildman–Crippen LogP) is 4.91. The summed E-state index contributed by atoms with van der Waals surface area (Å²) in [5.74, 6) is -5.25. The first-order valence-electron chi connectivity index (χ1n) is 24.7. The Balaban J connectivity index is 0. The second-order valence-corrected chi connectivity index (χ2v) is 17.2. The van der Waals surface area contributed by atoms with Crippen LogP contribution in [0.2, 0.25) is 0 Å². The Morgan fingerprint density at radius 1 is 0.441 bits per heavy atom. The van der Waals surface area contributed by atoms with Crippen molar-refractivity contribution in [1.29, 1.82) is 0 Å². The minimum Gasteiger partial charge on any atom is -0.481 e. The van der Waals surface area contributed by atoms with Crippen LogP contribution in [0.5, 0.6) is 0 Å². The van der Waals surface area contributed by atoms with Crippen LogP contribution in [0.25, 0.3) is 0 Å². The van der Waals surface area contributed by atoms with Crippen LogP contribution in [0, 0.1) is 5.92 Å². The van der Waals surface area contributed by atoms with Crippen molar-refractivity contribution in [3.8, 4) is 0 Å². The number of aliphatic carboxylic acids is 3. The van der Waals surface area contributed by atoms with Crippen LogP contribution in [0.3, 0.4) is 0 Å². The SMILES string of the molecule is CC(=O)[C@@H](C)CCCCNC(=O)CC[C@H](NC(=O)COCCOCCCC(=O)COCCOCCNC(=O)C[C@H](NC(=O)CCCCCCCCCCCCCCCCC(=O)O)C(=O)O)C(=O)O.[HH]. The minimum absolute atomic E-state index is 0. The van der Waals surface area contributed by atoms with Crippen LogP contribution >= 0.6 is 0 Å². The molecule has 0 rings (SSSR count). The molecule has 4 amide bonds. The van der Waals surface area contributed by atoms with Gasteiger partial charge in [0, 0.05) is 52.7 Å². The molecule has 0 radical (unpaired) electrons. The number of carbonyl (C=O) groups is 9. The summed E-state index contributed by atoms with van der Waals surface area (Å²) >= 11 is 0. The lowest BCUT2D eigenvalue weighted by molar-refractivity contribution is -0.143. The number of carbonyl (C=O) groups excluding carboxylic acids is 6. The molecule has 3 atom stereocenters. The van der Waals surface area contributed by atoms with Gasteiger partial charge in [0.15, 0.2) is 5.78 Å². The number of unbranched alkanes of at least 4 members (excludes halogenated alkanes) is 14. The van der Waals surface area contributed by atoms with Gasteiger partial charge in [-0.25, -0.2) is 9.59 Å². The highest BCUT2D eigenvalue weighted by Gasteiger charge is 2.23. The molecular formula is C48H86N4O16. The van der Waals surface area contributed by atoms with E-state index in [1.165, 1.54) is 32.1 Å². The van der Waals surface area contributed by atoms with Gasteiger partial charge in [0.25, 0.3) is 0 Å². The van der Waals surface area contributed by atoms with Gasteiger partial charge in [0.05, 0.1) is 39.5 Å². The van der Waals surface area contributed by atoms with E-state index in [0.717, 1.165) is 64.2 Å². The van der Waals surface area contributed by atoms with Gasteiger partial charge in [-0.15, -0.1) is 0 Å². The van der Waals surface area contributed by atoms with E-state index >= 15 is 0 Å². The van der Waals surface area contributed by atoms with Gasteiger partial charge in [-0.05, 0) is 45.4 Å². The van der Waals surface area contributed by atoms with Crippen molar-refractivity contribution in [3.05, 3.63) is 0 Å². The van der Waals surface area contributed by atoms with Gasteiger partial charge >= 0.3 is 17.9 Å². The number of Topliss-reactive ketones (excluding diaryl/α,β-unsaturated/α-hetero) is 2. The Kier molecular flexibility index (Phi) is 40.8. The van der Waals surface area contributed by atoms with Gasteiger partial charge in [-0.2, -0.15) is 0 Å². The largest absolute Gasteiger partial charge is 0.481 e. The molecule has 0 fully saturated rings. The lowest BCUT2D eigenvalue weighted by atomic mass is 10.0. The molecule has 0 bridgehead atoms. The van der Waals surface area contributed by atoms with E-state index in [9.17, 15) is 53.4 Å². The second kappa shape index (κ2) is 43.7. The van der Waals surface area contributed by atoms with Crippen molar-refractivity contribution in [2.24, 2.45) is 5.92 Å². The molecule has 0 unspecified atom stereocenters. The van der Waals surface area contributed by atoms with Gasteiger partial charge in [0.2, 0.25) is 23.6 Å². The zero-order valence-electron chi connectivity index (χ0n) is 40.9. The summed E-state index contributed by atoms with van der Waals surface area (Å²) in [7, 11) is 0. The summed E-state index contributed by atoms with van der Waals surface area (Å²) in [5, 5.41) is 37.7. The molecule has 0 aliphatic rings. The van der Waals surface area contributed by atoms with Crippen LogP contribution in [0.4, 0.5) is 0 Å². The molecule has 0 heterocycles. The summed E-state index contributed by atoms with van der Waals surface area (Å²) in [6, 6.07) is -2.59. The fourth-order valence-corrected chi connectivity index (χ4v) is 6.77. The van der Waals surface area contributed by atoms with E-state index in [1.54, 1.807) is 6.92 Å². The van der Waals surface area contributed by atoms with Gasteiger partial charge in [-0.3, -0.25) is 33.6 Å². The summed E-state index contributed by atoms with van der Waals surface area (Å²) in [6.45, 7) is 4.34. The number of ether oxygens (including phenoxy) is 4. The maximum Gasteiger partial charge on any atom is 0.326 e. The molecule has 0 spiro atoms. The molecule has 0 aromatic rings. The van der Waals surface area contributed by atoms with Crippen molar-refractivity contribution in [2.75, 3.05) is 65.9 Å². The first kappa shape index (κ1) is 63.5. The molecular weight excluding hydrogens is 889 g/mol. The van der Waals surface area contributed by atoms with Crippen molar-refractivity contribution in [3.63, 3.8) is 0 Å². The molecule has 68 heavy (non-hydrogen) atoms. The average Bonchev–Trinajstić information content (AvgIpc) is 3.28. The number of carboxylic acids is 3.